The second kappa shape index (κ2) is 6.62. The molecule has 0 spiro atoms. The number of carbonyl (C=O) groups is 1. The molecule has 0 aliphatic rings. The zero-order valence-electron chi connectivity index (χ0n) is 7.20. The van der Waals surface area contributed by atoms with E-state index in [1.54, 1.807) is 19.1 Å². The molecule has 1 rings (SSSR count). The van der Waals surface area contributed by atoms with E-state index in [4.69, 9.17) is 10.2 Å². The Morgan fingerprint density at radius 1 is 1.54 bits per heavy atom. The van der Waals surface area contributed by atoms with Gasteiger partial charge in [0.1, 0.15) is 5.75 Å². The number of aldehydes is 1. The van der Waals surface area contributed by atoms with E-state index in [1.165, 1.54) is 6.07 Å². The molecule has 4 heteroatoms. The van der Waals surface area contributed by atoms with Crippen molar-refractivity contribution in [1.29, 1.82) is 0 Å². The van der Waals surface area contributed by atoms with Crippen LogP contribution in [-0.2, 0) is 0 Å². The summed E-state index contributed by atoms with van der Waals surface area (Å²) in [5, 5.41) is 16.6. The van der Waals surface area contributed by atoms with Crippen LogP contribution in [0.5, 0.6) is 5.75 Å². The minimum absolute atomic E-state index is 0.00405. The molecular formula is C9H11BrO3. The zero-order valence-corrected chi connectivity index (χ0v) is 8.78. The van der Waals surface area contributed by atoms with Gasteiger partial charge in [0.25, 0.3) is 0 Å². The van der Waals surface area contributed by atoms with E-state index in [0.717, 1.165) is 4.47 Å². The van der Waals surface area contributed by atoms with Crippen molar-refractivity contribution in [3.8, 4) is 5.75 Å². The van der Waals surface area contributed by atoms with E-state index in [0.29, 0.717) is 11.8 Å². The van der Waals surface area contributed by atoms with Crippen molar-refractivity contribution in [3.63, 3.8) is 0 Å². The van der Waals surface area contributed by atoms with Crippen LogP contribution in [-0.4, -0.2) is 23.1 Å². The summed E-state index contributed by atoms with van der Waals surface area (Å²) >= 11 is 3.15. The number of hydrogen-bond acceptors (Lipinski definition) is 3. The largest absolute Gasteiger partial charge is 0.507 e. The van der Waals surface area contributed by atoms with Crippen molar-refractivity contribution in [3.05, 3.63) is 28.2 Å². The summed E-state index contributed by atoms with van der Waals surface area (Å²) in [6.07, 6.45) is 0.613. The summed E-state index contributed by atoms with van der Waals surface area (Å²) in [7, 11) is 0. The quantitative estimate of drug-likeness (QED) is 0.746. The van der Waals surface area contributed by atoms with E-state index in [-0.39, 0.29) is 12.4 Å². The van der Waals surface area contributed by atoms with Gasteiger partial charge in [-0.3, -0.25) is 4.79 Å². The van der Waals surface area contributed by atoms with Crippen LogP contribution in [0.1, 0.15) is 17.3 Å². The summed E-state index contributed by atoms with van der Waals surface area (Å²) in [6.45, 7) is 1.93. The first-order chi connectivity index (χ1) is 6.15. The molecule has 0 heterocycles. The first kappa shape index (κ1) is 12.1. The highest BCUT2D eigenvalue weighted by molar-refractivity contribution is 9.10. The van der Waals surface area contributed by atoms with Gasteiger partial charge >= 0.3 is 0 Å². The molecule has 0 saturated carbocycles. The third kappa shape index (κ3) is 4.65. The normalized spacial score (nSPS) is 8.54. The SMILES string of the molecule is CCO.O=Cc1ccc(Br)cc1O. The molecule has 2 N–H and O–H groups in total. The highest BCUT2D eigenvalue weighted by atomic mass is 79.9. The van der Waals surface area contributed by atoms with Gasteiger partial charge in [0, 0.05) is 11.1 Å². The summed E-state index contributed by atoms with van der Waals surface area (Å²) in [5.74, 6) is 0.00405. The van der Waals surface area contributed by atoms with Crippen molar-refractivity contribution in [1.82, 2.24) is 0 Å². The summed E-state index contributed by atoms with van der Waals surface area (Å²) in [6, 6.07) is 4.72. The van der Waals surface area contributed by atoms with E-state index < -0.39 is 0 Å². The molecule has 0 unspecified atom stereocenters. The second-order valence-electron chi connectivity index (χ2n) is 2.14. The second-order valence-corrected chi connectivity index (χ2v) is 3.05. The van der Waals surface area contributed by atoms with E-state index in [2.05, 4.69) is 15.9 Å². The van der Waals surface area contributed by atoms with Crippen molar-refractivity contribution >= 4 is 22.2 Å². The molecule has 0 amide bonds. The Labute approximate surface area is 85.1 Å². The molecule has 0 fully saturated rings. The number of phenols is 1. The summed E-state index contributed by atoms with van der Waals surface area (Å²) < 4.78 is 0.760. The number of halogens is 1. The van der Waals surface area contributed by atoms with Gasteiger partial charge in [-0.15, -0.1) is 0 Å². The number of aromatic hydroxyl groups is 1. The lowest BCUT2D eigenvalue weighted by molar-refractivity contribution is 0.112. The Balaban J connectivity index is 0.000000424. The lowest BCUT2D eigenvalue weighted by Gasteiger charge is -1.95. The van der Waals surface area contributed by atoms with Gasteiger partial charge in [-0.2, -0.15) is 0 Å². The van der Waals surface area contributed by atoms with Gasteiger partial charge in [-0.05, 0) is 25.1 Å². The predicted octanol–water partition coefficient (Wildman–Crippen LogP) is 1.97. The van der Waals surface area contributed by atoms with Crippen LogP contribution in [0.3, 0.4) is 0 Å². The molecule has 0 aromatic heterocycles. The monoisotopic (exact) mass is 246 g/mol. The average molecular weight is 247 g/mol. The molecule has 0 aliphatic carbocycles. The average Bonchev–Trinajstić information content (AvgIpc) is 2.06. The van der Waals surface area contributed by atoms with Crippen LogP contribution in [0.15, 0.2) is 22.7 Å². The summed E-state index contributed by atoms with van der Waals surface area (Å²) in [5.41, 5.74) is 0.309. The van der Waals surface area contributed by atoms with Crippen molar-refractivity contribution in [2.45, 2.75) is 6.92 Å². The summed E-state index contributed by atoms with van der Waals surface area (Å²) in [4.78, 5) is 10.2. The van der Waals surface area contributed by atoms with E-state index >= 15 is 0 Å². The first-order valence-corrected chi connectivity index (χ1v) is 4.49. The Morgan fingerprint density at radius 2 is 2.08 bits per heavy atom. The van der Waals surface area contributed by atoms with Gasteiger partial charge in [0.05, 0.1) is 5.56 Å². The van der Waals surface area contributed by atoms with E-state index in [1.807, 2.05) is 0 Å². The molecule has 3 nitrogen and oxygen atoms in total. The first-order valence-electron chi connectivity index (χ1n) is 3.70. The fourth-order valence-electron chi connectivity index (χ4n) is 0.616. The minimum atomic E-state index is 0.00405. The van der Waals surface area contributed by atoms with Crippen molar-refractivity contribution in [2.75, 3.05) is 6.61 Å². The maximum Gasteiger partial charge on any atom is 0.153 e. The maximum atomic E-state index is 10.2. The van der Waals surface area contributed by atoms with Crippen molar-refractivity contribution in [2.24, 2.45) is 0 Å². The number of carbonyl (C=O) groups excluding carboxylic acids is 1. The smallest absolute Gasteiger partial charge is 0.153 e. The molecule has 0 saturated heterocycles. The Hall–Kier alpha value is -0.870. The number of phenolic OH excluding ortho intramolecular Hbond substituents is 1. The topological polar surface area (TPSA) is 57.5 Å². The molecule has 0 bridgehead atoms. The van der Waals surface area contributed by atoms with Crippen LogP contribution in [0, 0.1) is 0 Å². The highest BCUT2D eigenvalue weighted by Crippen LogP contribution is 2.20. The number of hydrogen-bond donors (Lipinski definition) is 2. The fraction of sp³-hybridized carbons (Fsp3) is 0.222. The van der Waals surface area contributed by atoms with Gasteiger partial charge < -0.3 is 10.2 Å². The third-order valence-corrected chi connectivity index (χ3v) is 1.61. The van der Waals surface area contributed by atoms with Gasteiger partial charge in [-0.1, -0.05) is 15.9 Å². The molecule has 0 aliphatic heterocycles. The molecule has 1 aromatic rings. The van der Waals surface area contributed by atoms with Gasteiger partial charge in [0.2, 0.25) is 0 Å². The number of aliphatic hydroxyl groups excluding tert-OH is 1. The number of rotatable bonds is 1. The lowest BCUT2D eigenvalue weighted by atomic mass is 10.2. The Morgan fingerprint density at radius 3 is 2.46 bits per heavy atom. The fourth-order valence-corrected chi connectivity index (χ4v) is 0.965. The Kier molecular flexibility index (Phi) is 6.18. The number of benzene rings is 1. The van der Waals surface area contributed by atoms with E-state index in [9.17, 15) is 4.79 Å². The lowest BCUT2D eigenvalue weighted by Crippen LogP contribution is -1.79. The van der Waals surface area contributed by atoms with Crippen molar-refractivity contribution < 1.29 is 15.0 Å². The van der Waals surface area contributed by atoms with Crippen LogP contribution >= 0.6 is 15.9 Å². The zero-order chi connectivity index (χ0) is 10.3. The molecule has 0 atom stereocenters. The molecule has 1 aromatic carbocycles. The van der Waals surface area contributed by atoms with Crippen LogP contribution in [0.4, 0.5) is 0 Å². The Bertz CT molecular complexity index is 274. The predicted molar refractivity (Wildman–Crippen MR) is 54.0 cm³/mol. The van der Waals surface area contributed by atoms with Crippen LogP contribution < -0.4 is 0 Å². The van der Waals surface area contributed by atoms with Crippen LogP contribution in [0.2, 0.25) is 0 Å². The molecular weight excluding hydrogens is 236 g/mol. The molecule has 13 heavy (non-hydrogen) atoms. The molecule has 72 valence electrons. The number of aliphatic hydroxyl groups is 1. The van der Waals surface area contributed by atoms with Crippen LogP contribution in [0.25, 0.3) is 0 Å². The molecule has 0 radical (unpaired) electrons. The minimum Gasteiger partial charge on any atom is -0.507 e. The highest BCUT2D eigenvalue weighted by Gasteiger charge is 1.97. The van der Waals surface area contributed by atoms with Gasteiger partial charge in [-0.25, -0.2) is 0 Å². The third-order valence-electron chi connectivity index (χ3n) is 1.12. The van der Waals surface area contributed by atoms with Gasteiger partial charge in [0.15, 0.2) is 6.29 Å². The maximum absolute atomic E-state index is 10.2. The standard InChI is InChI=1S/C7H5BrO2.C2H6O/c8-6-2-1-5(4-9)7(10)3-6;1-2-3/h1-4,10H;3H,2H2,1H3.